The van der Waals surface area contributed by atoms with E-state index in [1.807, 2.05) is 0 Å². The van der Waals surface area contributed by atoms with E-state index in [1.54, 1.807) is 36.4 Å². The molecule has 2 aromatic carbocycles. The molecule has 0 unspecified atom stereocenters. The first-order valence-corrected chi connectivity index (χ1v) is 7.83. The van der Waals surface area contributed by atoms with E-state index in [9.17, 15) is 14.0 Å². The zero-order valence-electron chi connectivity index (χ0n) is 12.1. The van der Waals surface area contributed by atoms with Gasteiger partial charge in [-0.15, -0.1) is 0 Å². The van der Waals surface area contributed by atoms with Gasteiger partial charge in [-0.3, -0.25) is 14.9 Å². The number of thiazole rings is 1. The van der Waals surface area contributed by atoms with E-state index in [1.165, 1.54) is 6.07 Å². The molecule has 0 saturated carbocycles. The van der Waals surface area contributed by atoms with Gasteiger partial charge in [0.2, 0.25) is 0 Å². The van der Waals surface area contributed by atoms with Crippen molar-refractivity contribution in [1.29, 1.82) is 0 Å². The lowest BCUT2D eigenvalue weighted by molar-refractivity contribution is 0.0997. The van der Waals surface area contributed by atoms with Gasteiger partial charge < -0.3 is 4.42 Å². The van der Waals surface area contributed by atoms with Crippen molar-refractivity contribution in [3.63, 3.8) is 0 Å². The molecule has 24 heavy (non-hydrogen) atoms. The van der Waals surface area contributed by atoms with Crippen molar-refractivity contribution in [2.24, 2.45) is 0 Å². The van der Waals surface area contributed by atoms with E-state index >= 15 is 0 Å². The number of hydrogen-bond acceptors (Lipinski definition) is 5. The van der Waals surface area contributed by atoms with Crippen LogP contribution in [-0.2, 0) is 0 Å². The van der Waals surface area contributed by atoms with Crippen molar-refractivity contribution in [2.45, 2.75) is 0 Å². The number of amides is 1. The van der Waals surface area contributed by atoms with E-state index in [4.69, 9.17) is 4.42 Å². The minimum atomic E-state index is -0.614. The lowest BCUT2D eigenvalue weighted by atomic mass is 10.2. The van der Waals surface area contributed by atoms with Crippen LogP contribution in [0.2, 0.25) is 0 Å². The summed E-state index contributed by atoms with van der Waals surface area (Å²) in [5, 5.41) is 3.17. The van der Waals surface area contributed by atoms with Gasteiger partial charge >= 0.3 is 0 Å². The fourth-order valence-corrected chi connectivity index (χ4v) is 3.22. The lowest BCUT2D eigenvalue weighted by Gasteiger charge is -2.02. The molecule has 0 saturated heterocycles. The number of rotatable bonds is 2. The molecule has 0 fully saturated rings. The lowest BCUT2D eigenvalue weighted by Crippen LogP contribution is -2.14. The summed E-state index contributed by atoms with van der Waals surface area (Å²) < 4.78 is 19.7. The Hall–Kier alpha value is -3.06. The SMILES string of the molecule is O=C(Nc1nc2c(F)cccc2s1)c1cc(=O)c2ccccc2o1. The number of carbonyl (C=O) groups excluding carboxylic acids is 1. The fourth-order valence-electron chi connectivity index (χ4n) is 2.34. The van der Waals surface area contributed by atoms with Crippen molar-refractivity contribution >= 4 is 43.6 Å². The van der Waals surface area contributed by atoms with Gasteiger partial charge in [-0.05, 0) is 24.3 Å². The van der Waals surface area contributed by atoms with Crippen LogP contribution in [0.25, 0.3) is 21.2 Å². The zero-order chi connectivity index (χ0) is 16.7. The van der Waals surface area contributed by atoms with Crippen LogP contribution in [0, 0.1) is 5.82 Å². The second-order valence-electron chi connectivity index (χ2n) is 5.03. The van der Waals surface area contributed by atoms with Gasteiger partial charge in [-0.2, -0.15) is 0 Å². The Labute approximate surface area is 138 Å². The smallest absolute Gasteiger partial charge is 0.293 e. The average Bonchev–Trinajstić information content (AvgIpc) is 2.99. The number of para-hydroxylation sites is 2. The number of anilines is 1. The van der Waals surface area contributed by atoms with E-state index in [-0.39, 0.29) is 21.8 Å². The molecule has 5 nitrogen and oxygen atoms in total. The molecule has 2 heterocycles. The maximum absolute atomic E-state index is 13.7. The van der Waals surface area contributed by atoms with E-state index < -0.39 is 11.7 Å². The first-order chi connectivity index (χ1) is 11.6. The Kier molecular flexibility index (Phi) is 3.35. The quantitative estimate of drug-likeness (QED) is 0.602. The third-order valence-electron chi connectivity index (χ3n) is 3.45. The standard InChI is InChI=1S/C17H9FN2O3S/c18-10-5-3-7-14-15(10)19-17(24-14)20-16(22)13-8-11(21)9-4-1-2-6-12(9)23-13/h1-8H,(H,19,20,22). The summed E-state index contributed by atoms with van der Waals surface area (Å²) >= 11 is 1.14. The van der Waals surface area contributed by atoms with E-state index in [2.05, 4.69) is 10.3 Å². The van der Waals surface area contributed by atoms with Crippen molar-refractivity contribution in [2.75, 3.05) is 5.32 Å². The van der Waals surface area contributed by atoms with Gasteiger partial charge in [-0.1, -0.05) is 29.5 Å². The number of aromatic nitrogens is 1. The molecule has 0 aliphatic heterocycles. The first-order valence-electron chi connectivity index (χ1n) is 7.01. The number of carbonyl (C=O) groups is 1. The largest absolute Gasteiger partial charge is 0.451 e. The Morgan fingerprint density at radius 1 is 1.17 bits per heavy atom. The molecular weight excluding hydrogens is 331 g/mol. The first kappa shape index (κ1) is 14.5. The summed E-state index contributed by atoms with van der Waals surface area (Å²) in [6.07, 6.45) is 0. The molecular formula is C17H9FN2O3S. The number of nitrogens with one attached hydrogen (secondary N) is 1. The van der Waals surface area contributed by atoms with Crippen LogP contribution < -0.4 is 10.7 Å². The number of hydrogen-bond donors (Lipinski definition) is 1. The molecule has 4 rings (SSSR count). The van der Waals surface area contributed by atoms with Crippen LogP contribution in [0.1, 0.15) is 10.6 Å². The van der Waals surface area contributed by atoms with Gasteiger partial charge in [0.1, 0.15) is 16.9 Å². The molecule has 0 aliphatic carbocycles. The van der Waals surface area contributed by atoms with Gasteiger partial charge in [0.05, 0.1) is 10.1 Å². The molecule has 1 amide bonds. The number of benzene rings is 2. The van der Waals surface area contributed by atoms with Gasteiger partial charge in [0.25, 0.3) is 5.91 Å². The Morgan fingerprint density at radius 3 is 2.83 bits per heavy atom. The molecule has 2 aromatic heterocycles. The van der Waals surface area contributed by atoms with Crippen LogP contribution in [-0.4, -0.2) is 10.9 Å². The van der Waals surface area contributed by atoms with Crippen molar-refractivity contribution < 1.29 is 13.6 Å². The predicted molar refractivity (Wildman–Crippen MR) is 90.0 cm³/mol. The highest BCUT2D eigenvalue weighted by molar-refractivity contribution is 7.22. The summed E-state index contributed by atoms with van der Waals surface area (Å²) in [5.74, 6) is -1.20. The summed E-state index contributed by atoms with van der Waals surface area (Å²) in [6, 6.07) is 12.4. The molecule has 1 N–H and O–H groups in total. The fraction of sp³-hybridized carbons (Fsp3) is 0. The van der Waals surface area contributed by atoms with Gasteiger partial charge in [0, 0.05) is 6.07 Å². The van der Waals surface area contributed by atoms with Crippen LogP contribution in [0.15, 0.2) is 57.7 Å². The molecule has 0 spiro atoms. The minimum absolute atomic E-state index is 0.126. The predicted octanol–water partition coefficient (Wildman–Crippen LogP) is 3.79. The summed E-state index contributed by atoms with van der Waals surface area (Å²) in [4.78, 5) is 28.4. The monoisotopic (exact) mass is 340 g/mol. The van der Waals surface area contributed by atoms with Crippen LogP contribution in [0.3, 0.4) is 0 Å². The third kappa shape index (κ3) is 2.44. The second kappa shape index (κ2) is 5.54. The third-order valence-corrected chi connectivity index (χ3v) is 4.38. The normalized spacial score (nSPS) is 11.0. The van der Waals surface area contributed by atoms with Crippen LogP contribution >= 0.6 is 11.3 Å². The number of halogens is 1. The van der Waals surface area contributed by atoms with Crippen LogP contribution in [0.5, 0.6) is 0 Å². The Balaban J connectivity index is 1.70. The highest BCUT2D eigenvalue weighted by Gasteiger charge is 2.15. The molecule has 4 aromatic rings. The number of fused-ring (bicyclic) bond motifs is 2. The summed E-state index contributed by atoms with van der Waals surface area (Å²) in [5.41, 5.74) is 0.209. The minimum Gasteiger partial charge on any atom is -0.451 e. The Morgan fingerprint density at radius 2 is 2.00 bits per heavy atom. The molecule has 0 atom stereocenters. The highest BCUT2D eigenvalue weighted by Crippen LogP contribution is 2.27. The van der Waals surface area contributed by atoms with Crippen molar-refractivity contribution in [1.82, 2.24) is 4.98 Å². The van der Waals surface area contributed by atoms with Crippen molar-refractivity contribution in [3.8, 4) is 0 Å². The maximum Gasteiger partial charge on any atom is 0.293 e. The topological polar surface area (TPSA) is 72.2 Å². The molecule has 7 heteroatoms. The van der Waals surface area contributed by atoms with E-state index in [0.29, 0.717) is 15.7 Å². The number of nitrogens with zero attached hydrogens (tertiary/aromatic N) is 1. The molecule has 0 aliphatic rings. The molecule has 118 valence electrons. The van der Waals surface area contributed by atoms with Gasteiger partial charge in [-0.25, -0.2) is 9.37 Å². The van der Waals surface area contributed by atoms with Gasteiger partial charge in [0.15, 0.2) is 16.3 Å². The zero-order valence-corrected chi connectivity index (χ0v) is 12.9. The van der Waals surface area contributed by atoms with Crippen molar-refractivity contribution in [3.05, 3.63) is 70.3 Å². The van der Waals surface area contributed by atoms with E-state index in [0.717, 1.165) is 17.4 Å². The summed E-state index contributed by atoms with van der Waals surface area (Å²) in [6.45, 7) is 0. The second-order valence-corrected chi connectivity index (χ2v) is 6.06. The highest BCUT2D eigenvalue weighted by atomic mass is 32.1. The average molecular weight is 340 g/mol. The maximum atomic E-state index is 13.7. The molecule has 0 radical (unpaired) electrons. The summed E-state index contributed by atoms with van der Waals surface area (Å²) in [7, 11) is 0. The molecule has 0 bridgehead atoms. The Bertz CT molecular complexity index is 1150. The van der Waals surface area contributed by atoms with Crippen LogP contribution in [0.4, 0.5) is 9.52 Å².